The number of pyridine rings is 1. The van der Waals surface area contributed by atoms with Crippen molar-refractivity contribution >= 4 is 5.82 Å². The van der Waals surface area contributed by atoms with Crippen molar-refractivity contribution in [3.8, 4) is 0 Å². The highest BCUT2D eigenvalue weighted by atomic mass is 15.2. The molecule has 3 nitrogen and oxygen atoms in total. The predicted molar refractivity (Wildman–Crippen MR) is 81.3 cm³/mol. The highest BCUT2D eigenvalue weighted by Gasteiger charge is 2.22. The van der Waals surface area contributed by atoms with E-state index in [1.54, 1.807) is 0 Å². The Kier molecular flexibility index (Phi) is 5.20. The van der Waals surface area contributed by atoms with Crippen LogP contribution in [-0.2, 0) is 6.54 Å². The summed E-state index contributed by atoms with van der Waals surface area (Å²) in [5.41, 5.74) is 1.37. The third-order valence-electron chi connectivity index (χ3n) is 4.04. The number of nitrogens with one attached hydrogen (secondary N) is 1. The van der Waals surface area contributed by atoms with E-state index in [9.17, 15) is 0 Å². The van der Waals surface area contributed by atoms with Gasteiger partial charge in [-0.2, -0.15) is 0 Å². The number of aromatic nitrogens is 1. The number of hydrogen-bond donors (Lipinski definition) is 1. The Morgan fingerprint density at radius 3 is 3.00 bits per heavy atom. The molecule has 1 fully saturated rings. The van der Waals surface area contributed by atoms with Crippen molar-refractivity contribution in [2.45, 2.75) is 52.6 Å². The molecule has 2 heterocycles. The first-order valence-electron chi connectivity index (χ1n) is 7.62. The van der Waals surface area contributed by atoms with E-state index in [0.717, 1.165) is 31.2 Å². The minimum absolute atomic E-state index is 0.698. The molecular weight excluding hydrogens is 234 g/mol. The third-order valence-corrected chi connectivity index (χ3v) is 4.04. The van der Waals surface area contributed by atoms with Gasteiger partial charge in [0.2, 0.25) is 0 Å². The minimum atomic E-state index is 0.698. The summed E-state index contributed by atoms with van der Waals surface area (Å²) in [7, 11) is 0. The Morgan fingerprint density at radius 1 is 1.42 bits per heavy atom. The summed E-state index contributed by atoms with van der Waals surface area (Å²) < 4.78 is 0. The molecule has 2 atom stereocenters. The number of rotatable bonds is 5. The fourth-order valence-corrected chi connectivity index (χ4v) is 2.85. The quantitative estimate of drug-likeness (QED) is 0.879. The van der Waals surface area contributed by atoms with Gasteiger partial charge in [-0.05, 0) is 56.3 Å². The smallest absolute Gasteiger partial charge is 0.126 e. The summed E-state index contributed by atoms with van der Waals surface area (Å²) in [6, 6.07) is 5.03. The van der Waals surface area contributed by atoms with Crippen molar-refractivity contribution in [1.82, 2.24) is 9.88 Å². The van der Waals surface area contributed by atoms with Gasteiger partial charge in [-0.1, -0.05) is 13.8 Å². The van der Waals surface area contributed by atoms with Gasteiger partial charge in [-0.25, -0.2) is 4.98 Å². The van der Waals surface area contributed by atoms with E-state index in [4.69, 9.17) is 0 Å². The van der Waals surface area contributed by atoms with E-state index in [1.807, 2.05) is 6.20 Å². The summed E-state index contributed by atoms with van der Waals surface area (Å²) in [6.45, 7) is 10.2. The van der Waals surface area contributed by atoms with Crippen LogP contribution in [0.2, 0.25) is 0 Å². The Balaban J connectivity index is 1.94. The lowest BCUT2D eigenvalue weighted by Crippen LogP contribution is -2.39. The maximum atomic E-state index is 4.37. The first kappa shape index (κ1) is 14.3. The highest BCUT2D eigenvalue weighted by molar-refractivity contribution is 5.37. The zero-order valence-corrected chi connectivity index (χ0v) is 12.5. The standard InChI is InChI=1S/C16H27N3/c1-4-7-17-16-11-15(5-8-18-16)12-19-9-6-13(2)10-14(19)3/h5,8,11,13-14H,4,6-7,9-10,12H2,1-3H3,(H,17,18). The molecule has 106 valence electrons. The summed E-state index contributed by atoms with van der Waals surface area (Å²) in [5, 5.41) is 3.36. The zero-order valence-electron chi connectivity index (χ0n) is 12.5. The Bertz CT molecular complexity index is 391. The topological polar surface area (TPSA) is 28.2 Å². The minimum Gasteiger partial charge on any atom is -0.370 e. The molecular formula is C16H27N3. The van der Waals surface area contributed by atoms with Crippen molar-refractivity contribution in [3.63, 3.8) is 0 Å². The molecule has 0 bridgehead atoms. The van der Waals surface area contributed by atoms with E-state index in [1.165, 1.54) is 24.9 Å². The zero-order chi connectivity index (χ0) is 13.7. The van der Waals surface area contributed by atoms with Crippen LogP contribution in [0.25, 0.3) is 0 Å². The molecule has 2 unspecified atom stereocenters. The Labute approximate surface area is 117 Å². The predicted octanol–water partition coefficient (Wildman–Crippen LogP) is 3.52. The largest absolute Gasteiger partial charge is 0.370 e. The Morgan fingerprint density at radius 2 is 2.26 bits per heavy atom. The van der Waals surface area contributed by atoms with Crippen molar-refractivity contribution < 1.29 is 0 Å². The van der Waals surface area contributed by atoms with E-state index in [0.29, 0.717) is 6.04 Å². The maximum Gasteiger partial charge on any atom is 0.126 e. The first-order valence-corrected chi connectivity index (χ1v) is 7.62. The van der Waals surface area contributed by atoms with Gasteiger partial charge in [0, 0.05) is 25.3 Å². The van der Waals surface area contributed by atoms with E-state index < -0.39 is 0 Å². The van der Waals surface area contributed by atoms with Crippen LogP contribution in [0.5, 0.6) is 0 Å². The molecule has 2 rings (SSSR count). The molecule has 1 aromatic heterocycles. The second kappa shape index (κ2) is 6.90. The number of piperidine rings is 1. The van der Waals surface area contributed by atoms with E-state index in [2.05, 4.69) is 48.1 Å². The first-order chi connectivity index (χ1) is 9.19. The molecule has 0 aliphatic carbocycles. The molecule has 1 aliphatic heterocycles. The van der Waals surface area contributed by atoms with Gasteiger partial charge in [0.05, 0.1) is 0 Å². The van der Waals surface area contributed by atoms with Crippen LogP contribution < -0.4 is 5.32 Å². The van der Waals surface area contributed by atoms with Gasteiger partial charge < -0.3 is 5.32 Å². The number of likely N-dealkylation sites (tertiary alicyclic amines) is 1. The second-order valence-electron chi connectivity index (χ2n) is 5.93. The SMILES string of the molecule is CCCNc1cc(CN2CCC(C)CC2C)ccn1. The van der Waals surface area contributed by atoms with Crippen LogP contribution in [0.3, 0.4) is 0 Å². The van der Waals surface area contributed by atoms with Gasteiger partial charge in [-0.3, -0.25) is 4.90 Å². The van der Waals surface area contributed by atoms with Crippen LogP contribution in [0, 0.1) is 5.92 Å². The van der Waals surface area contributed by atoms with Crippen molar-refractivity contribution in [2.24, 2.45) is 5.92 Å². The van der Waals surface area contributed by atoms with Gasteiger partial charge >= 0.3 is 0 Å². The summed E-state index contributed by atoms with van der Waals surface area (Å²) in [6.07, 6.45) is 5.71. The lowest BCUT2D eigenvalue weighted by Gasteiger charge is -2.36. The van der Waals surface area contributed by atoms with Crippen LogP contribution in [0.1, 0.15) is 45.6 Å². The molecule has 19 heavy (non-hydrogen) atoms. The Hall–Kier alpha value is -1.09. The number of anilines is 1. The average molecular weight is 261 g/mol. The highest BCUT2D eigenvalue weighted by Crippen LogP contribution is 2.24. The third kappa shape index (κ3) is 4.20. The summed E-state index contributed by atoms with van der Waals surface area (Å²) in [4.78, 5) is 6.97. The van der Waals surface area contributed by atoms with Crippen molar-refractivity contribution in [3.05, 3.63) is 23.9 Å². The molecule has 0 amide bonds. The lowest BCUT2D eigenvalue weighted by atomic mass is 9.93. The van der Waals surface area contributed by atoms with Gasteiger partial charge in [0.1, 0.15) is 5.82 Å². The fourth-order valence-electron chi connectivity index (χ4n) is 2.85. The summed E-state index contributed by atoms with van der Waals surface area (Å²) >= 11 is 0. The molecule has 3 heteroatoms. The normalized spacial score (nSPS) is 24.4. The maximum absolute atomic E-state index is 4.37. The summed E-state index contributed by atoms with van der Waals surface area (Å²) in [5.74, 6) is 1.89. The van der Waals surface area contributed by atoms with Crippen LogP contribution in [0.15, 0.2) is 18.3 Å². The lowest BCUT2D eigenvalue weighted by molar-refractivity contribution is 0.122. The molecule has 1 aliphatic rings. The molecule has 0 aromatic carbocycles. The molecule has 1 aromatic rings. The average Bonchev–Trinajstić information content (AvgIpc) is 2.40. The van der Waals surface area contributed by atoms with E-state index in [-0.39, 0.29) is 0 Å². The monoisotopic (exact) mass is 261 g/mol. The molecule has 0 saturated carbocycles. The van der Waals surface area contributed by atoms with Crippen molar-refractivity contribution in [2.75, 3.05) is 18.4 Å². The van der Waals surface area contributed by atoms with Crippen LogP contribution in [0.4, 0.5) is 5.82 Å². The number of nitrogens with zero attached hydrogens (tertiary/aromatic N) is 2. The molecule has 1 saturated heterocycles. The van der Waals surface area contributed by atoms with Crippen LogP contribution >= 0.6 is 0 Å². The van der Waals surface area contributed by atoms with Crippen molar-refractivity contribution in [1.29, 1.82) is 0 Å². The molecule has 1 N–H and O–H groups in total. The molecule has 0 radical (unpaired) electrons. The second-order valence-corrected chi connectivity index (χ2v) is 5.93. The van der Waals surface area contributed by atoms with E-state index >= 15 is 0 Å². The van der Waals surface area contributed by atoms with Gasteiger partial charge in [0.15, 0.2) is 0 Å². The molecule has 0 spiro atoms. The van der Waals surface area contributed by atoms with Crippen LogP contribution in [-0.4, -0.2) is 29.0 Å². The van der Waals surface area contributed by atoms with Gasteiger partial charge in [0.25, 0.3) is 0 Å². The fraction of sp³-hybridized carbons (Fsp3) is 0.688. The van der Waals surface area contributed by atoms with Gasteiger partial charge in [-0.15, -0.1) is 0 Å². The number of hydrogen-bond acceptors (Lipinski definition) is 3.